The van der Waals surface area contributed by atoms with E-state index in [0.717, 1.165) is 18.9 Å². The number of cyclic esters (lactones) is 2. The normalized spacial score (nSPS) is 24.1. The molecule has 10 nitrogen and oxygen atoms in total. The van der Waals surface area contributed by atoms with Crippen LogP contribution in [0.5, 0.6) is 0 Å². The van der Waals surface area contributed by atoms with E-state index in [2.05, 4.69) is 5.32 Å². The Bertz CT molecular complexity index is 1260. The summed E-state index contributed by atoms with van der Waals surface area (Å²) in [7, 11) is 1.77. The summed E-state index contributed by atoms with van der Waals surface area (Å²) in [5.74, 6) is -2.71. The van der Waals surface area contributed by atoms with E-state index in [1.165, 1.54) is 10.8 Å². The van der Waals surface area contributed by atoms with E-state index in [9.17, 15) is 14.4 Å². The SMILES string of the molecule is CNCC1CN(c2c(F)cc3c(=O)c(C(=O)OCC4OC(=O)OC4C)cn(C4CC4)c3c2F)CCO1. The second kappa shape index (κ2) is 9.66. The van der Waals surface area contributed by atoms with Crippen LogP contribution < -0.4 is 15.6 Å². The predicted octanol–water partition coefficient (Wildman–Crippen LogP) is 2.12. The van der Waals surface area contributed by atoms with Crippen LogP contribution in [0.2, 0.25) is 0 Å². The first-order valence-corrected chi connectivity index (χ1v) is 11.9. The van der Waals surface area contributed by atoms with Crippen LogP contribution in [0.4, 0.5) is 19.3 Å². The zero-order chi connectivity index (χ0) is 25.6. The zero-order valence-corrected chi connectivity index (χ0v) is 19.9. The van der Waals surface area contributed by atoms with Crippen LogP contribution in [-0.4, -0.2) is 74.9 Å². The number of aromatic nitrogens is 1. The molecule has 0 radical (unpaired) electrons. The summed E-state index contributed by atoms with van der Waals surface area (Å²) in [6, 6.07) is 0.863. The van der Waals surface area contributed by atoms with Crippen molar-refractivity contribution in [1.82, 2.24) is 9.88 Å². The number of likely N-dealkylation sites (N-methyl/N-ethyl adjacent to an activating group) is 1. The van der Waals surface area contributed by atoms with Crippen LogP contribution in [0.3, 0.4) is 0 Å². The lowest BCUT2D eigenvalue weighted by atomic mass is 10.1. The van der Waals surface area contributed by atoms with Crippen LogP contribution >= 0.6 is 0 Å². The molecule has 3 fully saturated rings. The minimum atomic E-state index is -0.973. The molecule has 1 N–H and O–H groups in total. The highest BCUT2D eigenvalue weighted by Crippen LogP contribution is 2.40. The minimum Gasteiger partial charge on any atom is -0.458 e. The third-order valence-corrected chi connectivity index (χ3v) is 6.66. The van der Waals surface area contributed by atoms with Gasteiger partial charge in [0.2, 0.25) is 5.43 Å². The Balaban J connectivity index is 1.51. The van der Waals surface area contributed by atoms with Crippen LogP contribution in [-0.2, 0) is 18.9 Å². The molecule has 3 aliphatic rings. The number of nitrogens with zero attached hydrogens (tertiary/aromatic N) is 2. The molecular weight excluding hydrogens is 480 g/mol. The average molecular weight is 507 g/mol. The molecule has 0 spiro atoms. The monoisotopic (exact) mass is 507 g/mol. The maximum Gasteiger partial charge on any atom is 0.509 e. The van der Waals surface area contributed by atoms with E-state index in [1.807, 2.05) is 0 Å². The van der Waals surface area contributed by atoms with Crippen molar-refractivity contribution in [2.24, 2.45) is 0 Å². The molecule has 3 heterocycles. The molecule has 0 amide bonds. The van der Waals surface area contributed by atoms with Gasteiger partial charge in [0, 0.05) is 31.9 Å². The molecule has 1 aromatic heterocycles. The minimum absolute atomic E-state index is 0.0427. The van der Waals surface area contributed by atoms with E-state index in [-0.39, 0.29) is 47.5 Å². The maximum absolute atomic E-state index is 15.9. The standard InChI is InChI=1S/C24H27F2N3O7/c1-12-18(36-24(32)35-12)11-34-23(31)16-10-29(13-3-4-13)20-15(22(16)30)7-17(25)21(19(20)26)28-5-6-33-14(9-28)8-27-2/h7,10,12-14,18,27H,3-6,8-9,11H2,1-2H3. The summed E-state index contributed by atoms with van der Waals surface area (Å²) in [5.41, 5.74) is -1.44. The number of halogens is 2. The van der Waals surface area contributed by atoms with Gasteiger partial charge in [-0.05, 0) is 32.9 Å². The Kier molecular flexibility index (Phi) is 6.56. The van der Waals surface area contributed by atoms with Gasteiger partial charge in [0.05, 0.1) is 23.6 Å². The lowest BCUT2D eigenvalue weighted by molar-refractivity contribution is 0.0247. The van der Waals surface area contributed by atoms with E-state index in [1.54, 1.807) is 18.9 Å². The molecule has 2 aromatic rings. The molecule has 1 aliphatic carbocycles. The van der Waals surface area contributed by atoms with Crippen molar-refractivity contribution in [1.29, 1.82) is 0 Å². The molecule has 2 aliphatic heterocycles. The van der Waals surface area contributed by atoms with Gasteiger partial charge >= 0.3 is 12.1 Å². The van der Waals surface area contributed by atoms with E-state index < -0.39 is 41.4 Å². The number of benzene rings is 1. The molecule has 36 heavy (non-hydrogen) atoms. The fraction of sp³-hybridized carbons (Fsp3) is 0.542. The zero-order valence-electron chi connectivity index (χ0n) is 19.9. The number of nitrogens with one attached hydrogen (secondary N) is 1. The van der Waals surface area contributed by atoms with Gasteiger partial charge in [-0.2, -0.15) is 0 Å². The van der Waals surface area contributed by atoms with Crippen LogP contribution in [0, 0.1) is 11.6 Å². The van der Waals surface area contributed by atoms with Crippen molar-refractivity contribution in [3.05, 3.63) is 39.7 Å². The molecule has 5 rings (SSSR count). The van der Waals surface area contributed by atoms with Gasteiger partial charge in [0.15, 0.2) is 11.9 Å². The quantitative estimate of drug-likeness (QED) is 0.564. The van der Waals surface area contributed by atoms with Gasteiger partial charge in [0.1, 0.15) is 29.8 Å². The third kappa shape index (κ3) is 4.50. The van der Waals surface area contributed by atoms with E-state index in [4.69, 9.17) is 18.9 Å². The van der Waals surface area contributed by atoms with E-state index in [0.29, 0.717) is 19.7 Å². The number of rotatable bonds is 7. The third-order valence-electron chi connectivity index (χ3n) is 6.66. The van der Waals surface area contributed by atoms with Crippen molar-refractivity contribution in [2.45, 2.75) is 44.1 Å². The first-order valence-electron chi connectivity index (χ1n) is 11.9. The Morgan fingerprint density at radius 1 is 1.25 bits per heavy atom. The summed E-state index contributed by atoms with van der Waals surface area (Å²) in [6.07, 6.45) is 0.183. The summed E-state index contributed by atoms with van der Waals surface area (Å²) in [5, 5.41) is 2.76. The smallest absolute Gasteiger partial charge is 0.458 e. The number of morpholine rings is 1. The van der Waals surface area contributed by atoms with Crippen molar-refractivity contribution in [3.63, 3.8) is 0 Å². The van der Waals surface area contributed by atoms with Crippen molar-refractivity contribution < 1.29 is 37.3 Å². The summed E-state index contributed by atoms with van der Waals surface area (Å²) in [6.45, 7) is 2.68. The Hall–Kier alpha value is -3.25. The number of carbonyl (C=O) groups is 2. The summed E-state index contributed by atoms with van der Waals surface area (Å²) < 4.78 is 53.4. The van der Waals surface area contributed by atoms with Gasteiger partial charge in [-0.1, -0.05) is 0 Å². The van der Waals surface area contributed by atoms with Crippen molar-refractivity contribution in [2.75, 3.05) is 44.8 Å². The first-order chi connectivity index (χ1) is 17.3. The number of carbonyl (C=O) groups excluding carboxylic acids is 2. The van der Waals surface area contributed by atoms with Gasteiger partial charge in [-0.15, -0.1) is 0 Å². The number of fused-ring (bicyclic) bond motifs is 1. The lowest BCUT2D eigenvalue weighted by Crippen LogP contribution is -2.47. The van der Waals surface area contributed by atoms with Gasteiger partial charge in [-0.25, -0.2) is 18.4 Å². The summed E-state index contributed by atoms with van der Waals surface area (Å²) in [4.78, 5) is 38.8. The first kappa shape index (κ1) is 24.4. The number of anilines is 1. The number of ether oxygens (including phenoxy) is 4. The Morgan fingerprint density at radius 2 is 2.03 bits per heavy atom. The largest absolute Gasteiger partial charge is 0.509 e. The molecule has 2 saturated heterocycles. The molecule has 1 saturated carbocycles. The fourth-order valence-electron chi connectivity index (χ4n) is 4.66. The van der Waals surface area contributed by atoms with Crippen LogP contribution in [0.1, 0.15) is 36.2 Å². The highest BCUT2D eigenvalue weighted by Gasteiger charge is 2.36. The second-order valence-corrected chi connectivity index (χ2v) is 9.25. The van der Waals surface area contributed by atoms with Gasteiger partial charge < -0.3 is 33.7 Å². The van der Waals surface area contributed by atoms with Crippen LogP contribution in [0.25, 0.3) is 10.9 Å². The Labute approximate surface area is 205 Å². The Morgan fingerprint density at radius 3 is 2.69 bits per heavy atom. The molecule has 12 heteroatoms. The lowest BCUT2D eigenvalue weighted by Gasteiger charge is -2.35. The number of hydrogen-bond donors (Lipinski definition) is 1. The molecule has 3 atom stereocenters. The van der Waals surface area contributed by atoms with Gasteiger partial charge in [0.25, 0.3) is 0 Å². The average Bonchev–Trinajstić information content (AvgIpc) is 3.63. The summed E-state index contributed by atoms with van der Waals surface area (Å²) >= 11 is 0. The second-order valence-electron chi connectivity index (χ2n) is 9.25. The van der Waals surface area contributed by atoms with E-state index >= 15 is 8.78 Å². The van der Waals surface area contributed by atoms with Crippen molar-refractivity contribution >= 4 is 28.7 Å². The molecular formula is C24H27F2N3O7. The van der Waals surface area contributed by atoms with Gasteiger partial charge in [-0.3, -0.25) is 4.79 Å². The predicted molar refractivity (Wildman–Crippen MR) is 123 cm³/mol. The number of esters is 1. The molecule has 194 valence electrons. The maximum atomic E-state index is 15.9. The van der Waals surface area contributed by atoms with Crippen LogP contribution in [0.15, 0.2) is 17.1 Å². The topological polar surface area (TPSA) is 108 Å². The molecule has 0 bridgehead atoms. The highest BCUT2D eigenvalue weighted by molar-refractivity contribution is 5.95. The highest BCUT2D eigenvalue weighted by atomic mass is 19.1. The van der Waals surface area contributed by atoms with Crippen molar-refractivity contribution in [3.8, 4) is 0 Å². The molecule has 3 unspecified atom stereocenters. The number of pyridine rings is 1. The fourth-order valence-corrected chi connectivity index (χ4v) is 4.66. The molecule has 1 aromatic carbocycles. The number of hydrogen-bond acceptors (Lipinski definition) is 9.